The molecule has 1 aromatic carbocycles. The molecule has 8 nitrogen and oxygen atoms in total. The highest BCUT2D eigenvalue weighted by Gasteiger charge is 2.24. The van der Waals surface area contributed by atoms with Crippen LogP contribution in [0.3, 0.4) is 0 Å². The Morgan fingerprint density at radius 1 is 1.04 bits per heavy atom. The van der Waals surface area contributed by atoms with Crippen molar-refractivity contribution in [1.82, 2.24) is 20.0 Å². The lowest BCUT2D eigenvalue weighted by molar-refractivity contribution is 0.0715. The topological polar surface area (TPSA) is 95.6 Å². The van der Waals surface area contributed by atoms with Crippen molar-refractivity contribution in [3.05, 3.63) is 57.5 Å². The molecule has 1 aliphatic heterocycles. The lowest BCUT2D eigenvalue weighted by atomic mass is 10.1. The van der Waals surface area contributed by atoms with Crippen LogP contribution in [0.4, 0.5) is 0 Å². The van der Waals surface area contributed by atoms with Gasteiger partial charge in [0.15, 0.2) is 0 Å². The van der Waals surface area contributed by atoms with Crippen LogP contribution in [0.15, 0.2) is 35.1 Å². The monoisotopic (exact) mass is 370 g/mol. The number of carbonyl (C=O) groups is 2. The minimum atomic E-state index is -0.353. The number of hydrogen-bond acceptors (Lipinski definition) is 5. The first-order chi connectivity index (χ1) is 13.0. The maximum atomic E-state index is 12.8. The zero-order valence-electron chi connectivity index (χ0n) is 15.4. The van der Waals surface area contributed by atoms with Crippen molar-refractivity contribution in [3.8, 4) is 5.75 Å². The van der Waals surface area contributed by atoms with Crippen LogP contribution in [0.2, 0.25) is 0 Å². The molecule has 0 bridgehead atoms. The van der Waals surface area contributed by atoms with Gasteiger partial charge in [-0.05, 0) is 43.2 Å². The van der Waals surface area contributed by atoms with Crippen molar-refractivity contribution in [3.63, 3.8) is 0 Å². The van der Waals surface area contributed by atoms with Crippen LogP contribution < -0.4 is 10.3 Å². The van der Waals surface area contributed by atoms with Gasteiger partial charge in [0, 0.05) is 37.8 Å². The molecule has 2 heterocycles. The number of H-pyrrole nitrogens is 1. The Kier molecular flexibility index (Phi) is 5.54. The van der Waals surface area contributed by atoms with Gasteiger partial charge in [-0.2, -0.15) is 5.10 Å². The van der Waals surface area contributed by atoms with Gasteiger partial charge in [0.05, 0.1) is 7.11 Å². The molecule has 27 heavy (non-hydrogen) atoms. The van der Waals surface area contributed by atoms with E-state index in [-0.39, 0.29) is 23.1 Å². The van der Waals surface area contributed by atoms with Gasteiger partial charge in [-0.1, -0.05) is 0 Å². The van der Waals surface area contributed by atoms with Crippen molar-refractivity contribution >= 4 is 11.8 Å². The van der Waals surface area contributed by atoms with Crippen LogP contribution >= 0.6 is 0 Å². The molecule has 3 rings (SSSR count). The summed E-state index contributed by atoms with van der Waals surface area (Å²) >= 11 is 0. The molecule has 0 spiro atoms. The van der Waals surface area contributed by atoms with E-state index in [0.717, 1.165) is 11.3 Å². The second-order valence-corrected chi connectivity index (χ2v) is 6.43. The van der Waals surface area contributed by atoms with Crippen LogP contribution in [-0.4, -0.2) is 65.1 Å². The molecule has 0 saturated carbocycles. The Bertz CT molecular complexity index is 888. The number of carbonyl (C=O) groups excluding carboxylic acids is 2. The quantitative estimate of drug-likeness (QED) is 0.872. The molecule has 0 unspecified atom stereocenters. The van der Waals surface area contributed by atoms with Crippen molar-refractivity contribution in [2.24, 2.45) is 0 Å². The minimum absolute atomic E-state index is 0.0581. The number of benzene rings is 1. The molecule has 142 valence electrons. The molecule has 1 N–H and O–H groups in total. The fraction of sp³-hybridized carbons (Fsp3) is 0.368. The molecule has 1 aliphatic rings. The zero-order valence-corrected chi connectivity index (χ0v) is 15.4. The number of ether oxygens (including phenoxy) is 1. The smallest absolute Gasteiger partial charge is 0.274 e. The number of nitrogens with one attached hydrogen (secondary N) is 1. The molecule has 2 aromatic rings. The van der Waals surface area contributed by atoms with Gasteiger partial charge in [0.2, 0.25) is 0 Å². The molecule has 2 amide bonds. The van der Waals surface area contributed by atoms with Crippen molar-refractivity contribution < 1.29 is 14.3 Å². The van der Waals surface area contributed by atoms with E-state index in [9.17, 15) is 14.4 Å². The standard InChI is InChI=1S/C19H22N4O4/c1-13-12-14(4-6-16(13)27-2)18(25)22-8-3-9-23(11-10-22)19(26)15-5-7-17(24)21-20-15/h4-7,12H,3,8-11H2,1-2H3,(H,21,24). The fourth-order valence-electron chi connectivity index (χ4n) is 3.14. The molecule has 1 aromatic heterocycles. The third-order valence-electron chi connectivity index (χ3n) is 4.61. The summed E-state index contributed by atoms with van der Waals surface area (Å²) in [4.78, 5) is 39.9. The molecule has 0 atom stereocenters. The summed E-state index contributed by atoms with van der Waals surface area (Å²) in [6.45, 7) is 3.87. The third kappa shape index (κ3) is 4.16. The molecular weight excluding hydrogens is 348 g/mol. The van der Waals surface area contributed by atoms with Crippen LogP contribution in [-0.2, 0) is 0 Å². The maximum absolute atomic E-state index is 12.8. The van der Waals surface area contributed by atoms with Crippen LogP contribution in [0.25, 0.3) is 0 Å². The molecule has 8 heteroatoms. The normalized spacial score (nSPS) is 14.6. The lowest BCUT2D eigenvalue weighted by Crippen LogP contribution is -2.37. The second-order valence-electron chi connectivity index (χ2n) is 6.43. The predicted molar refractivity (Wildman–Crippen MR) is 99.0 cm³/mol. The van der Waals surface area contributed by atoms with Crippen LogP contribution in [0, 0.1) is 6.92 Å². The van der Waals surface area contributed by atoms with E-state index < -0.39 is 0 Å². The van der Waals surface area contributed by atoms with E-state index in [1.807, 2.05) is 13.0 Å². The van der Waals surface area contributed by atoms with E-state index >= 15 is 0 Å². The van der Waals surface area contributed by atoms with Gasteiger partial charge in [-0.3, -0.25) is 14.4 Å². The van der Waals surface area contributed by atoms with Crippen molar-refractivity contribution in [1.29, 1.82) is 0 Å². The molecule has 0 aliphatic carbocycles. The number of amides is 2. The maximum Gasteiger partial charge on any atom is 0.274 e. The van der Waals surface area contributed by atoms with Crippen molar-refractivity contribution in [2.75, 3.05) is 33.3 Å². The first kappa shape index (κ1) is 18.6. The minimum Gasteiger partial charge on any atom is -0.496 e. The molecular formula is C19H22N4O4. The Hall–Kier alpha value is -3.16. The number of rotatable bonds is 3. The summed E-state index contributed by atoms with van der Waals surface area (Å²) < 4.78 is 5.24. The van der Waals surface area contributed by atoms with Gasteiger partial charge < -0.3 is 14.5 Å². The second kappa shape index (κ2) is 8.03. The van der Waals surface area contributed by atoms with E-state index in [0.29, 0.717) is 38.2 Å². The summed E-state index contributed by atoms with van der Waals surface area (Å²) in [5.74, 6) is 0.436. The lowest BCUT2D eigenvalue weighted by Gasteiger charge is -2.22. The van der Waals surface area contributed by atoms with Crippen molar-refractivity contribution in [2.45, 2.75) is 13.3 Å². The van der Waals surface area contributed by atoms with Crippen LogP contribution in [0.5, 0.6) is 5.75 Å². The van der Waals surface area contributed by atoms with Gasteiger partial charge in [-0.25, -0.2) is 5.10 Å². The number of hydrogen-bond donors (Lipinski definition) is 1. The molecule has 1 fully saturated rings. The Morgan fingerprint density at radius 2 is 1.74 bits per heavy atom. The largest absolute Gasteiger partial charge is 0.496 e. The summed E-state index contributed by atoms with van der Waals surface area (Å²) in [6, 6.07) is 8.05. The Labute approximate surface area is 156 Å². The molecule has 1 saturated heterocycles. The summed E-state index contributed by atoms with van der Waals surface area (Å²) in [7, 11) is 1.60. The first-order valence-corrected chi connectivity index (χ1v) is 8.78. The summed E-state index contributed by atoms with van der Waals surface area (Å²) in [5, 5.41) is 6.06. The first-order valence-electron chi connectivity index (χ1n) is 8.78. The summed E-state index contributed by atoms with van der Waals surface area (Å²) in [6.07, 6.45) is 0.677. The van der Waals surface area contributed by atoms with E-state index in [1.165, 1.54) is 12.1 Å². The molecule has 0 radical (unpaired) electrons. The number of methoxy groups -OCH3 is 1. The van der Waals surface area contributed by atoms with Gasteiger partial charge in [0.1, 0.15) is 11.4 Å². The van der Waals surface area contributed by atoms with Gasteiger partial charge >= 0.3 is 0 Å². The highest BCUT2D eigenvalue weighted by molar-refractivity contribution is 5.95. The predicted octanol–water partition coefficient (Wildman–Crippen LogP) is 1.08. The Balaban J connectivity index is 1.68. The van der Waals surface area contributed by atoms with E-state index in [2.05, 4.69) is 10.2 Å². The average Bonchev–Trinajstić information content (AvgIpc) is 2.93. The van der Waals surface area contributed by atoms with Gasteiger partial charge in [-0.15, -0.1) is 0 Å². The zero-order chi connectivity index (χ0) is 19.4. The average molecular weight is 370 g/mol. The van der Waals surface area contributed by atoms with E-state index in [4.69, 9.17) is 4.74 Å². The summed E-state index contributed by atoms with van der Waals surface area (Å²) in [5.41, 5.74) is 1.35. The highest BCUT2D eigenvalue weighted by atomic mass is 16.5. The number of nitrogens with zero attached hydrogens (tertiary/aromatic N) is 3. The van der Waals surface area contributed by atoms with E-state index in [1.54, 1.807) is 29.0 Å². The fourth-order valence-corrected chi connectivity index (χ4v) is 3.14. The van der Waals surface area contributed by atoms with Crippen LogP contribution in [0.1, 0.15) is 32.8 Å². The number of aromatic nitrogens is 2. The Morgan fingerprint density at radius 3 is 2.33 bits per heavy atom. The SMILES string of the molecule is COc1ccc(C(=O)N2CCCN(C(=O)c3ccc(=O)[nH]n3)CC2)cc1C. The number of aryl methyl sites for hydroxylation is 1. The third-order valence-corrected chi connectivity index (χ3v) is 4.61. The van der Waals surface area contributed by atoms with Gasteiger partial charge in [0.25, 0.3) is 17.4 Å². The highest BCUT2D eigenvalue weighted by Crippen LogP contribution is 2.20. The number of aromatic amines is 1.